The molecule has 0 aliphatic heterocycles. The molecule has 2 N–H and O–H groups in total. The fraction of sp³-hybridized carbons (Fsp3) is 0.176. The maximum Gasteiger partial charge on any atom is 0.271 e. The molecule has 0 spiro atoms. The van der Waals surface area contributed by atoms with Crippen molar-refractivity contribution >= 4 is 17.8 Å². The van der Waals surface area contributed by atoms with Crippen molar-refractivity contribution in [3.8, 4) is 11.5 Å². The molecule has 0 atom stereocenters. The fourth-order valence-electron chi connectivity index (χ4n) is 1.90. The Bertz CT molecular complexity index is 710. The van der Waals surface area contributed by atoms with Gasteiger partial charge in [0.1, 0.15) is 11.5 Å². The van der Waals surface area contributed by atoms with Crippen LogP contribution in [-0.2, 0) is 0 Å². The second kappa shape index (κ2) is 7.31. The number of carbonyl (C=O) groups excluding carboxylic acids is 1. The molecule has 0 heterocycles. The molecule has 6 nitrogen and oxygen atoms in total. The van der Waals surface area contributed by atoms with Gasteiger partial charge in [-0.25, -0.2) is 5.43 Å². The van der Waals surface area contributed by atoms with Crippen LogP contribution in [0.15, 0.2) is 47.6 Å². The molecule has 1 amide bonds. The van der Waals surface area contributed by atoms with Crippen LogP contribution >= 0.6 is 0 Å². The Labute approximate surface area is 135 Å². The summed E-state index contributed by atoms with van der Waals surface area (Å²) < 4.78 is 5.00. The maximum absolute atomic E-state index is 12.0. The topological polar surface area (TPSA) is 74.2 Å². The molecule has 0 bridgehead atoms. The van der Waals surface area contributed by atoms with Crippen molar-refractivity contribution < 1.29 is 14.6 Å². The van der Waals surface area contributed by atoms with Crippen LogP contribution in [0.25, 0.3) is 0 Å². The van der Waals surface area contributed by atoms with Crippen molar-refractivity contribution in [2.24, 2.45) is 5.10 Å². The summed E-state index contributed by atoms with van der Waals surface area (Å²) in [5.74, 6) is 0.252. The standard InChI is InChI=1S/C17H19N3O3/c1-20(2)14-7-4-12(5-8-14)17(22)19-18-11-13-6-9-15(23-3)10-16(13)21/h4-11,21H,1-3H3,(H,19,22)/b18-11+. The number of amides is 1. The van der Waals surface area contributed by atoms with E-state index in [1.165, 1.54) is 19.4 Å². The Morgan fingerprint density at radius 2 is 1.91 bits per heavy atom. The summed E-state index contributed by atoms with van der Waals surface area (Å²) in [6.45, 7) is 0. The molecule has 0 aliphatic carbocycles. The lowest BCUT2D eigenvalue weighted by Crippen LogP contribution is -2.18. The maximum atomic E-state index is 12.0. The number of nitrogens with zero attached hydrogens (tertiary/aromatic N) is 2. The van der Waals surface area contributed by atoms with Gasteiger partial charge in [0.25, 0.3) is 5.91 Å². The number of nitrogens with one attached hydrogen (secondary N) is 1. The van der Waals surface area contributed by atoms with Gasteiger partial charge < -0.3 is 14.7 Å². The van der Waals surface area contributed by atoms with E-state index < -0.39 is 0 Å². The third-order valence-electron chi connectivity index (χ3n) is 3.25. The van der Waals surface area contributed by atoms with E-state index in [1.54, 1.807) is 24.3 Å². The monoisotopic (exact) mass is 313 g/mol. The smallest absolute Gasteiger partial charge is 0.271 e. The lowest BCUT2D eigenvalue weighted by molar-refractivity contribution is 0.0955. The summed E-state index contributed by atoms with van der Waals surface area (Å²) in [5, 5.41) is 13.7. The average Bonchev–Trinajstić information content (AvgIpc) is 2.56. The van der Waals surface area contributed by atoms with E-state index in [1.807, 2.05) is 31.1 Å². The molecule has 23 heavy (non-hydrogen) atoms. The average molecular weight is 313 g/mol. The highest BCUT2D eigenvalue weighted by Crippen LogP contribution is 2.21. The predicted molar refractivity (Wildman–Crippen MR) is 90.5 cm³/mol. The summed E-state index contributed by atoms with van der Waals surface area (Å²) in [5.41, 5.74) is 4.42. The van der Waals surface area contributed by atoms with Crippen molar-refractivity contribution in [1.82, 2.24) is 5.43 Å². The first-order chi connectivity index (χ1) is 11.0. The van der Waals surface area contributed by atoms with E-state index in [0.717, 1.165) is 5.69 Å². The van der Waals surface area contributed by atoms with Crippen LogP contribution in [0.3, 0.4) is 0 Å². The number of aromatic hydroxyl groups is 1. The van der Waals surface area contributed by atoms with Crippen molar-refractivity contribution in [1.29, 1.82) is 0 Å². The van der Waals surface area contributed by atoms with Crippen molar-refractivity contribution in [3.05, 3.63) is 53.6 Å². The molecule has 0 fully saturated rings. The summed E-state index contributed by atoms with van der Waals surface area (Å²) in [4.78, 5) is 13.9. The zero-order chi connectivity index (χ0) is 16.8. The molecule has 0 aromatic heterocycles. The number of hydrogen-bond donors (Lipinski definition) is 2. The molecule has 0 aliphatic rings. The number of phenols is 1. The largest absolute Gasteiger partial charge is 0.507 e. The van der Waals surface area contributed by atoms with Gasteiger partial charge in [-0.2, -0.15) is 5.10 Å². The molecule has 0 radical (unpaired) electrons. The van der Waals surface area contributed by atoms with Gasteiger partial charge in [0, 0.05) is 37.0 Å². The molecule has 2 aromatic rings. The minimum Gasteiger partial charge on any atom is -0.507 e. The van der Waals surface area contributed by atoms with Gasteiger partial charge in [0.05, 0.1) is 13.3 Å². The quantitative estimate of drug-likeness (QED) is 0.656. The van der Waals surface area contributed by atoms with Crippen molar-refractivity contribution in [2.45, 2.75) is 0 Å². The summed E-state index contributed by atoms with van der Waals surface area (Å²) in [6.07, 6.45) is 1.38. The van der Waals surface area contributed by atoms with Crippen LogP contribution in [0, 0.1) is 0 Å². The normalized spacial score (nSPS) is 10.6. The first-order valence-electron chi connectivity index (χ1n) is 6.99. The zero-order valence-electron chi connectivity index (χ0n) is 13.3. The van der Waals surface area contributed by atoms with Gasteiger partial charge in [-0.3, -0.25) is 4.79 Å². The first-order valence-corrected chi connectivity index (χ1v) is 6.99. The van der Waals surface area contributed by atoms with Crippen LogP contribution in [-0.4, -0.2) is 38.4 Å². The van der Waals surface area contributed by atoms with Gasteiger partial charge in [0.15, 0.2) is 0 Å². The van der Waals surface area contributed by atoms with Gasteiger partial charge in [0.2, 0.25) is 0 Å². The summed E-state index contributed by atoms with van der Waals surface area (Å²) >= 11 is 0. The SMILES string of the molecule is COc1ccc(/C=N/NC(=O)c2ccc(N(C)C)cc2)c(O)c1. The number of methoxy groups -OCH3 is 1. The summed E-state index contributed by atoms with van der Waals surface area (Å²) in [7, 11) is 5.38. The number of phenolic OH excluding ortho intramolecular Hbond substituents is 1. The highest BCUT2D eigenvalue weighted by atomic mass is 16.5. The zero-order valence-corrected chi connectivity index (χ0v) is 13.3. The predicted octanol–water partition coefficient (Wildman–Crippen LogP) is 2.23. The number of hydrazone groups is 1. The van der Waals surface area contributed by atoms with Crippen LogP contribution in [0.2, 0.25) is 0 Å². The Morgan fingerprint density at radius 3 is 2.48 bits per heavy atom. The number of carbonyl (C=O) groups is 1. The molecule has 0 saturated carbocycles. The van der Waals surface area contributed by atoms with Gasteiger partial charge in [-0.15, -0.1) is 0 Å². The highest BCUT2D eigenvalue weighted by molar-refractivity contribution is 5.95. The molecular formula is C17H19N3O3. The van der Waals surface area contributed by atoms with E-state index in [2.05, 4.69) is 10.5 Å². The molecule has 2 aromatic carbocycles. The van der Waals surface area contributed by atoms with E-state index in [0.29, 0.717) is 16.9 Å². The molecular weight excluding hydrogens is 294 g/mol. The lowest BCUT2D eigenvalue weighted by atomic mass is 10.2. The van der Waals surface area contributed by atoms with Crippen molar-refractivity contribution in [3.63, 3.8) is 0 Å². The number of ether oxygens (including phenoxy) is 1. The van der Waals surface area contributed by atoms with E-state index in [-0.39, 0.29) is 11.7 Å². The molecule has 120 valence electrons. The van der Waals surface area contributed by atoms with Crippen LogP contribution in [0.1, 0.15) is 15.9 Å². The third-order valence-corrected chi connectivity index (χ3v) is 3.25. The van der Waals surface area contributed by atoms with E-state index in [4.69, 9.17) is 4.74 Å². The van der Waals surface area contributed by atoms with Crippen LogP contribution < -0.4 is 15.1 Å². The van der Waals surface area contributed by atoms with Gasteiger partial charge >= 0.3 is 0 Å². The Kier molecular flexibility index (Phi) is 5.19. The Morgan fingerprint density at radius 1 is 1.22 bits per heavy atom. The van der Waals surface area contributed by atoms with Gasteiger partial charge in [-0.1, -0.05) is 0 Å². The van der Waals surface area contributed by atoms with E-state index >= 15 is 0 Å². The fourth-order valence-corrected chi connectivity index (χ4v) is 1.90. The molecule has 0 saturated heterocycles. The highest BCUT2D eigenvalue weighted by Gasteiger charge is 2.05. The Balaban J connectivity index is 2.01. The van der Waals surface area contributed by atoms with Crippen molar-refractivity contribution in [2.75, 3.05) is 26.1 Å². The number of benzene rings is 2. The minimum absolute atomic E-state index is 0.0256. The number of hydrogen-bond acceptors (Lipinski definition) is 5. The minimum atomic E-state index is -0.320. The van der Waals surface area contributed by atoms with E-state index in [9.17, 15) is 9.90 Å². The van der Waals surface area contributed by atoms with Crippen LogP contribution in [0.4, 0.5) is 5.69 Å². The first kappa shape index (κ1) is 16.4. The van der Waals surface area contributed by atoms with Gasteiger partial charge in [-0.05, 0) is 36.4 Å². The Hall–Kier alpha value is -3.02. The second-order valence-electron chi connectivity index (χ2n) is 5.07. The second-order valence-corrected chi connectivity index (χ2v) is 5.07. The van der Waals surface area contributed by atoms with Crippen LogP contribution in [0.5, 0.6) is 11.5 Å². The third kappa shape index (κ3) is 4.23. The lowest BCUT2D eigenvalue weighted by Gasteiger charge is -2.12. The summed E-state index contributed by atoms with van der Waals surface area (Å²) in [6, 6.07) is 12.0. The molecule has 0 unspecified atom stereocenters. The number of rotatable bonds is 5. The number of anilines is 1. The molecule has 2 rings (SSSR count). The molecule has 6 heteroatoms.